The highest BCUT2D eigenvalue weighted by atomic mass is 15.2. The van der Waals surface area contributed by atoms with Crippen molar-refractivity contribution in [1.29, 1.82) is 0 Å². The van der Waals surface area contributed by atoms with Crippen LogP contribution in [0, 0.1) is 13.8 Å². The summed E-state index contributed by atoms with van der Waals surface area (Å²) in [5.74, 6) is 0. The molecule has 0 saturated carbocycles. The number of likely N-dealkylation sites (tertiary alicyclic amines) is 1. The summed E-state index contributed by atoms with van der Waals surface area (Å²) in [7, 11) is 0. The van der Waals surface area contributed by atoms with Gasteiger partial charge in [0.1, 0.15) is 0 Å². The van der Waals surface area contributed by atoms with E-state index in [2.05, 4.69) is 43.9 Å². The van der Waals surface area contributed by atoms with E-state index in [-0.39, 0.29) is 6.04 Å². The zero-order valence-electron chi connectivity index (χ0n) is 13.4. The zero-order chi connectivity index (χ0) is 14.5. The van der Waals surface area contributed by atoms with Gasteiger partial charge >= 0.3 is 0 Å². The molecule has 1 aliphatic rings. The molecule has 1 fully saturated rings. The molecule has 112 valence electrons. The Morgan fingerprint density at radius 2 is 1.90 bits per heavy atom. The van der Waals surface area contributed by atoms with Gasteiger partial charge in [-0.15, -0.1) is 0 Å². The summed E-state index contributed by atoms with van der Waals surface area (Å²) in [5, 5.41) is 0. The maximum atomic E-state index is 6.48. The van der Waals surface area contributed by atoms with Crippen molar-refractivity contribution < 1.29 is 0 Å². The molecule has 2 N–H and O–H groups in total. The van der Waals surface area contributed by atoms with E-state index in [4.69, 9.17) is 5.73 Å². The zero-order valence-corrected chi connectivity index (χ0v) is 13.4. The van der Waals surface area contributed by atoms with E-state index in [0.717, 1.165) is 12.6 Å². The van der Waals surface area contributed by atoms with Crippen LogP contribution in [0.25, 0.3) is 0 Å². The molecule has 0 radical (unpaired) electrons. The first-order valence-electron chi connectivity index (χ1n) is 8.18. The van der Waals surface area contributed by atoms with Crippen LogP contribution in [0.1, 0.15) is 61.8 Å². The average Bonchev–Trinajstić information content (AvgIpc) is 2.40. The average molecular weight is 274 g/mol. The molecule has 2 nitrogen and oxygen atoms in total. The maximum Gasteiger partial charge on any atom is 0.0424 e. The fraction of sp³-hybridized carbons (Fsp3) is 0.667. The standard InChI is InChI=1S/C18H30N2/c1-4-7-17-8-5-6-9-20(17)13-18(19)16-11-14(2)10-15(3)12-16/h10-12,17-18H,4-9,13,19H2,1-3H3. The number of rotatable bonds is 5. The summed E-state index contributed by atoms with van der Waals surface area (Å²) < 4.78 is 0. The van der Waals surface area contributed by atoms with Crippen LogP contribution in [0.15, 0.2) is 18.2 Å². The Bertz CT molecular complexity index is 405. The van der Waals surface area contributed by atoms with Crippen LogP contribution in [0.2, 0.25) is 0 Å². The van der Waals surface area contributed by atoms with E-state index < -0.39 is 0 Å². The Hall–Kier alpha value is -0.860. The third-order valence-electron chi connectivity index (χ3n) is 4.47. The van der Waals surface area contributed by atoms with Gasteiger partial charge in [0.15, 0.2) is 0 Å². The molecule has 1 heterocycles. The predicted molar refractivity (Wildman–Crippen MR) is 87.0 cm³/mol. The smallest absolute Gasteiger partial charge is 0.0424 e. The van der Waals surface area contributed by atoms with Crippen LogP contribution >= 0.6 is 0 Å². The van der Waals surface area contributed by atoms with E-state index in [0.29, 0.717) is 0 Å². The normalized spacial score (nSPS) is 21.9. The second-order valence-corrected chi connectivity index (χ2v) is 6.46. The predicted octanol–water partition coefficient (Wildman–Crippen LogP) is 3.96. The lowest BCUT2D eigenvalue weighted by Gasteiger charge is -2.37. The summed E-state index contributed by atoms with van der Waals surface area (Å²) >= 11 is 0. The van der Waals surface area contributed by atoms with E-state index in [1.807, 2.05) is 0 Å². The van der Waals surface area contributed by atoms with Crippen LogP contribution in [0.4, 0.5) is 0 Å². The van der Waals surface area contributed by atoms with Gasteiger partial charge in [-0.05, 0) is 45.2 Å². The number of nitrogens with zero attached hydrogens (tertiary/aromatic N) is 1. The van der Waals surface area contributed by atoms with Crippen molar-refractivity contribution in [2.75, 3.05) is 13.1 Å². The van der Waals surface area contributed by atoms with Gasteiger partial charge in [0.25, 0.3) is 0 Å². The molecule has 2 unspecified atom stereocenters. The quantitative estimate of drug-likeness (QED) is 0.880. The number of aryl methyl sites for hydroxylation is 2. The molecule has 20 heavy (non-hydrogen) atoms. The van der Waals surface area contributed by atoms with Gasteiger partial charge in [-0.2, -0.15) is 0 Å². The number of hydrogen-bond donors (Lipinski definition) is 1. The minimum absolute atomic E-state index is 0.144. The van der Waals surface area contributed by atoms with E-state index >= 15 is 0 Å². The van der Waals surface area contributed by atoms with Gasteiger partial charge in [0.2, 0.25) is 0 Å². The van der Waals surface area contributed by atoms with Crippen molar-refractivity contribution in [1.82, 2.24) is 4.90 Å². The summed E-state index contributed by atoms with van der Waals surface area (Å²) in [6, 6.07) is 7.61. The fourth-order valence-electron chi connectivity index (χ4n) is 3.54. The van der Waals surface area contributed by atoms with E-state index in [9.17, 15) is 0 Å². The number of piperidine rings is 1. The molecular formula is C18H30N2. The third-order valence-corrected chi connectivity index (χ3v) is 4.47. The van der Waals surface area contributed by atoms with E-state index in [1.165, 1.54) is 55.3 Å². The highest BCUT2D eigenvalue weighted by Gasteiger charge is 2.23. The number of hydrogen-bond acceptors (Lipinski definition) is 2. The Morgan fingerprint density at radius 1 is 1.20 bits per heavy atom. The summed E-state index contributed by atoms with van der Waals surface area (Å²) in [6.45, 7) is 8.83. The molecule has 0 bridgehead atoms. The molecule has 1 saturated heterocycles. The molecule has 0 amide bonds. The van der Waals surface area contributed by atoms with Crippen LogP contribution in [-0.2, 0) is 0 Å². The van der Waals surface area contributed by atoms with Gasteiger partial charge in [-0.25, -0.2) is 0 Å². The van der Waals surface area contributed by atoms with Crippen LogP contribution in [0.3, 0.4) is 0 Å². The minimum atomic E-state index is 0.144. The first-order chi connectivity index (χ1) is 9.60. The Morgan fingerprint density at radius 3 is 2.55 bits per heavy atom. The van der Waals surface area contributed by atoms with Crippen molar-refractivity contribution in [2.24, 2.45) is 5.73 Å². The van der Waals surface area contributed by atoms with Crippen molar-refractivity contribution in [3.05, 3.63) is 34.9 Å². The lowest BCUT2D eigenvalue weighted by atomic mass is 9.96. The molecular weight excluding hydrogens is 244 g/mol. The minimum Gasteiger partial charge on any atom is -0.323 e. The van der Waals surface area contributed by atoms with Crippen molar-refractivity contribution in [3.63, 3.8) is 0 Å². The molecule has 2 atom stereocenters. The van der Waals surface area contributed by atoms with Crippen molar-refractivity contribution >= 4 is 0 Å². The molecule has 2 heteroatoms. The van der Waals surface area contributed by atoms with Crippen LogP contribution in [0.5, 0.6) is 0 Å². The Kier molecular flexibility index (Phi) is 5.62. The number of nitrogens with two attached hydrogens (primary N) is 1. The van der Waals surface area contributed by atoms with Crippen molar-refractivity contribution in [3.8, 4) is 0 Å². The third kappa shape index (κ3) is 4.07. The van der Waals surface area contributed by atoms with E-state index in [1.54, 1.807) is 0 Å². The summed E-state index contributed by atoms with van der Waals surface area (Å²) in [5.41, 5.74) is 10.4. The molecule has 1 aromatic rings. The molecule has 0 spiro atoms. The lowest BCUT2D eigenvalue weighted by Crippen LogP contribution is -2.43. The molecule has 1 aliphatic heterocycles. The second kappa shape index (κ2) is 7.24. The summed E-state index contributed by atoms with van der Waals surface area (Å²) in [6.07, 6.45) is 6.67. The van der Waals surface area contributed by atoms with Crippen LogP contribution in [-0.4, -0.2) is 24.0 Å². The van der Waals surface area contributed by atoms with Crippen LogP contribution < -0.4 is 5.73 Å². The first-order valence-corrected chi connectivity index (χ1v) is 8.18. The number of benzene rings is 1. The molecule has 2 rings (SSSR count). The highest BCUT2D eigenvalue weighted by molar-refractivity contribution is 5.30. The van der Waals surface area contributed by atoms with Gasteiger partial charge in [-0.3, -0.25) is 4.90 Å². The monoisotopic (exact) mass is 274 g/mol. The SMILES string of the molecule is CCCC1CCCCN1CC(N)c1cc(C)cc(C)c1. The summed E-state index contributed by atoms with van der Waals surface area (Å²) in [4.78, 5) is 2.63. The van der Waals surface area contributed by atoms with Gasteiger partial charge in [-0.1, -0.05) is 49.1 Å². The Labute approximate surface area is 124 Å². The maximum absolute atomic E-state index is 6.48. The van der Waals surface area contributed by atoms with Gasteiger partial charge < -0.3 is 5.73 Å². The molecule has 0 aliphatic carbocycles. The highest BCUT2D eigenvalue weighted by Crippen LogP contribution is 2.24. The van der Waals surface area contributed by atoms with Gasteiger partial charge in [0, 0.05) is 18.6 Å². The fourth-order valence-corrected chi connectivity index (χ4v) is 3.54. The van der Waals surface area contributed by atoms with Crippen molar-refractivity contribution in [2.45, 2.75) is 65.0 Å². The molecule has 1 aromatic carbocycles. The molecule has 0 aromatic heterocycles. The lowest BCUT2D eigenvalue weighted by molar-refractivity contribution is 0.131. The largest absolute Gasteiger partial charge is 0.323 e. The Balaban J connectivity index is 2.03. The first kappa shape index (κ1) is 15.5. The topological polar surface area (TPSA) is 29.3 Å². The second-order valence-electron chi connectivity index (χ2n) is 6.46. The van der Waals surface area contributed by atoms with Gasteiger partial charge in [0.05, 0.1) is 0 Å².